The number of nitrogens with zero attached hydrogens (tertiary/aromatic N) is 2. The number of likely N-dealkylation sites (tertiary alicyclic amines) is 1. The summed E-state index contributed by atoms with van der Waals surface area (Å²) in [6, 6.07) is 6.63. The van der Waals surface area contributed by atoms with E-state index in [0.29, 0.717) is 37.4 Å². The van der Waals surface area contributed by atoms with Crippen LogP contribution >= 0.6 is 0 Å². The molecule has 5 rings (SSSR count). The molecule has 3 aliphatic heterocycles. The summed E-state index contributed by atoms with van der Waals surface area (Å²) in [7, 11) is 0. The van der Waals surface area contributed by atoms with Gasteiger partial charge in [0.15, 0.2) is 0 Å². The Bertz CT molecular complexity index is 1120. The van der Waals surface area contributed by atoms with Crippen molar-refractivity contribution in [2.45, 2.75) is 44.2 Å². The quantitative estimate of drug-likeness (QED) is 0.642. The molecule has 0 radical (unpaired) electrons. The molecular formula is C27H31N5O2. The molecule has 0 aromatic heterocycles. The topological polar surface area (TPSA) is 103 Å². The molecular weight excluding hydrogens is 426 g/mol. The summed E-state index contributed by atoms with van der Waals surface area (Å²) >= 11 is 0. The standard InChI is InChI=1S/C27H31N5O2/c28-15-18-2-1-3-19(12-18)22-13-20-6-9-30-17-24(20)25(14-22)34-23-7-10-32(11-8-23)27(33)21-4-5-26(29)31-16-21/h1-2,5-6,9,12-14,19,21,23,30-31H,3-4,7-8,10-11,16-17,29H2. The van der Waals surface area contributed by atoms with Gasteiger partial charge in [0.05, 0.1) is 17.8 Å². The zero-order valence-corrected chi connectivity index (χ0v) is 19.3. The van der Waals surface area contributed by atoms with E-state index in [1.54, 1.807) is 0 Å². The van der Waals surface area contributed by atoms with Gasteiger partial charge in [-0.15, -0.1) is 0 Å². The van der Waals surface area contributed by atoms with Crippen LogP contribution in [0.5, 0.6) is 5.75 Å². The van der Waals surface area contributed by atoms with Crippen molar-refractivity contribution in [1.82, 2.24) is 15.5 Å². The Labute approximate surface area is 200 Å². The number of carbonyl (C=O) groups is 1. The second kappa shape index (κ2) is 9.68. The molecule has 1 fully saturated rings. The molecule has 1 saturated heterocycles. The Kier molecular flexibility index (Phi) is 6.31. The SMILES string of the molecule is N#CC1=CC(c2cc3c(c(OC4CCN(C(=O)C5CC=C(N)NC5)CC4)c2)CNC=C3)CC=C1. The van der Waals surface area contributed by atoms with Gasteiger partial charge in [0.25, 0.3) is 0 Å². The van der Waals surface area contributed by atoms with E-state index in [9.17, 15) is 10.1 Å². The van der Waals surface area contributed by atoms with E-state index in [0.717, 1.165) is 37.1 Å². The molecule has 4 N–H and O–H groups in total. The van der Waals surface area contributed by atoms with E-state index in [-0.39, 0.29) is 23.8 Å². The molecule has 3 heterocycles. The highest BCUT2D eigenvalue weighted by Gasteiger charge is 2.30. The van der Waals surface area contributed by atoms with E-state index < -0.39 is 0 Å². The first-order valence-electron chi connectivity index (χ1n) is 12.1. The number of nitrogens with one attached hydrogen (secondary N) is 2. The van der Waals surface area contributed by atoms with E-state index in [4.69, 9.17) is 10.5 Å². The Morgan fingerprint density at radius 1 is 1.21 bits per heavy atom. The molecule has 34 heavy (non-hydrogen) atoms. The molecule has 0 bridgehead atoms. The molecule has 1 aliphatic carbocycles. The van der Waals surface area contributed by atoms with Gasteiger partial charge in [-0.25, -0.2) is 0 Å². The highest BCUT2D eigenvalue weighted by atomic mass is 16.5. The summed E-state index contributed by atoms with van der Waals surface area (Å²) in [6.45, 7) is 2.76. The summed E-state index contributed by atoms with van der Waals surface area (Å²) in [5.74, 6) is 1.90. The number of hydrogen-bond donors (Lipinski definition) is 3. The van der Waals surface area contributed by atoms with Gasteiger partial charge in [-0.3, -0.25) is 4.79 Å². The molecule has 176 valence electrons. The average molecular weight is 458 g/mol. The first-order chi connectivity index (χ1) is 16.6. The van der Waals surface area contributed by atoms with Gasteiger partial charge in [0.1, 0.15) is 11.9 Å². The molecule has 2 unspecified atom stereocenters. The van der Waals surface area contributed by atoms with Crippen LogP contribution in [-0.2, 0) is 11.3 Å². The number of hydrogen-bond acceptors (Lipinski definition) is 6. The van der Waals surface area contributed by atoms with Crippen molar-refractivity contribution in [3.8, 4) is 11.8 Å². The molecule has 0 saturated carbocycles. The second-order valence-corrected chi connectivity index (χ2v) is 9.39. The monoisotopic (exact) mass is 457 g/mol. The van der Waals surface area contributed by atoms with Gasteiger partial charge >= 0.3 is 0 Å². The lowest BCUT2D eigenvalue weighted by Gasteiger charge is -2.35. The van der Waals surface area contributed by atoms with Crippen LogP contribution in [0.25, 0.3) is 6.08 Å². The number of carbonyl (C=O) groups excluding carboxylic acids is 1. The van der Waals surface area contributed by atoms with Gasteiger partial charge in [0, 0.05) is 56.1 Å². The first kappa shape index (κ1) is 22.1. The molecule has 7 nitrogen and oxygen atoms in total. The zero-order chi connectivity index (χ0) is 23.5. The summed E-state index contributed by atoms with van der Waals surface area (Å²) < 4.78 is 6.57. The van der Waals surface area contributed by atoms with Gasteiger partial charge in [-0.05, 0) is 54.5 Å². The van der Waals surface area contributed by atoms with Crippen molar-refractivity contribution in [2.75, 3.05) is 19.6 Å². The third kappa shape index (κ3) is 4.67. The maximum Gasteiger partial charge on any atom is 0.227 e. The normalized spacial score (nSPS) is 24.1. The number of ether oxygens (including phenoxy) is 1. The van der Waals surface area contributed by atoms with Crippen LogP contribution < -0.4 is 21.1 Å². The van der Waals surface area contributed by atoms with Gasteiger partial charge < -0.3 is 26.0 Å². The maximum atomic E-state index is 12.9. The number of piperidine rings is 1. The van der Waals surface area contributed by atoms with E-state index in [1.165, 1.54) is 11.1 Å². The Morgan fingerprint density at radius 3 is 2.82 bits per heavy atom. The van der Waals surface area contributed by atoms with Crippen molar-refractivity contribution >= 4 is 12.0 Å². The fraction of sp³-hybridized carbons (Fsp3) is 0.407. The second-order valence-electron chi connectivity index (χ2n) is 9.39. The van der Waals surface area contributed by atoms with Crippen molar-refractivity contribution in [3.63, 3.8) is 0 Å². The van der Waals surface area contributed by atoms with Crippen LogP contribution in [0, 0.1) is 17.2 Å². The molecule has 0 spiro atoms. The zero-order valence-electron chi connectivity index (χ0n) is 19.3. The number of allylic oxidation sites excluding steroid dienone is 5. The van der Waals surface area contributed by atoms with Crippen LogP contribution in [0.3, 0.4) is 0 Å². The van der Waals surface area contributed by atoms with Crippen LogP contribution in [0.2, 0.25) is 0 Å². The molecule has 1 aromatic carbocycles. The minimum Gasteiger partial charge on any atom is -0.490 e. The summed E-state index contributed by atoms with van der Waals surface area (Å²) in [5, 5.41) is 15.7. The lowest BCUT2D eigenvalue weighted by atomic mass is 9.87. The average Bonchev–Trinajstić information content (AvgIpc) is 2.89. The number of rotatable bonds is 4. The lowest BCUT2D eigenvalue weighted by molar-refractivity contribution is -0.137. The first-order valence-corrected chi connectivity index (χ1v) is 12.1. The highest BCUT2D eigenvalue weighted by Crippen LogP contribution is 2.36. The van der Waals surface area contributed by atoms with E-state index in [1.807, 2.05) is 29.3 Å². The molecule has 1 amide bonds. The van der Waals surface area contributed by atoms with Crippen LogP contribution in [0.15, 0.2) is 54.0 Å². The van der Waals surface area contributed by atoms with Crippen molar-refractivity contribution in [3.05, 3.63) is 70.7 Å². The predicted octanol–water partition coefficient (Wildman–Crippen LogP) is 3.03. The molecule has 7 heteroatoms. The third-order valence-electron chi connectivity index (χ3n) is 7.12. The number of nitrogens with two attached hydrogens (primary N) is 1. The van der Waals surface area contributed by atoms with Crippen LogP contribution in [0.1, 0.15) is 48.3 Å². The van der Waals surface area contributed by atoms with Crippen molar-refractivity contribution < 1.29 is 9.53 Å². The van der Waals surface area contributed by atoms with Crippen molar-refractivity contribution in [2.24, 2.45) is 11.7 Å². The van der Waals surface area contributed by atoms with Crippen molar-refractivity contribution in [1.29, 1.82) is 5.26 Å². The van der Waals surface area contributed by atoms with E-state index >= 15 is 0 Å². The maximum absolute atomic E-state index is 12.9. The van der Waals surface area contributed by atoms with Gasteiger partial charge in [0.2, 0.25) is 5.91 Å². The van der Waals surface area contributed by atoms with Gasteiger partial charge in [-0.1, -0.05) is 18.2 Å². The largest absolute Gasteiger partial charge is 0.490 e. The summed E-state index contributed by atoms with van der Waals surface area (Å²) in [4.78, 5) is 14.9. The Balaban J connectivity index is 1.28. The fourth-order valence-corrected chi connectivity index (χ4v) is 5.13. The molecule has 1 aromatic rings. The highest BCUT2D eigenvalue weighted by molar-refractivity contribution is 5.79. The lowest BCUT2D eigenvalue weighted by Crippen LogP contribution is -2.47. The number of benzene rings is 1. The molecule has 4 aliphatic rings. The van der Waals surface area contributed by atoms with Crippen LogP contribution in [0.4, 0.5) is 0 Å². The minimum atomic E-state index is -0.0396. The molecule has 2 atom stereocenters. The summed E-state index contributed by atoms with van der Waals surface area (Å²) in [6.07, 6.45) is 15.2. The van der Waals surface area contributed by atoms with Gasteiger partial charge in [-0.2, -0.15) is 5.26 Å². The van der Waals surface area contributed by atoms with E-state index in [2.05, 4.69) is 41.0 Å². The smallest absolute Gasteiger partial charge is 0.227 e. The number of fused-ring (bicyclic) bond motifs is 1. The third-order valence-corrected chi connectivity index (χ3v) is 7.12. The minimum absolute atomic E-state index is 0.0396. The number of amides is 1. The Morgan fingerprint density at radius 2 is 2.06 bits per heavy atom. The fourth-order valence-electron chi connectivity index (χ4n) is 5.13. The summed E-state index contributed by atoms with van der Waals surface area (Å²) in [5.41, 5.74) is 9.97. The van der Waals surface area contributed by atoms with Crippen LogP contribution in [-0.4, -0.2) is 36.5 Å². The number of nitriles is 1. The predicted molar refractivity (Wildman–Crippen MR) is 131 cm³/mol. The Hall–Kier alpha value is -3.66.